The molecule has 1 aromatic rings. The van der Waals surface area contributed by atoms with E-state index in [1.165, 1.54) is 24.8 Å². The molecule has 1 fully saturated rings. The first-order chi connectivity index (χ1) is 7.59. The van der Waals surface area contributed by atoms with Crippen molar-refractivity contribution in [2.45, 2.75) is 52.1 Å². The molecule has 0 saturated heterocycles. The van der Waals surface area contributed by atoms with E-state index in [9.17, 15) is 0 Å². The second kappa shape index (κ2) is 4.58. The van der Waals surface area contributed by atoms with E-state index >= 15 is 0 Å². The molecule has 0 aromatic heterocycles. The lowest BCUT2D eigenvalue weighted by Gasteiger charge is -2.31. The smallest absolute Gasteiger partial charge is 0.0294 e. The molecule has 1 heteroatoms. The van der Waals surface area contributed by atoms with Gasteiger partial charge in [-0.1, -0.05) is 50.6 Å². The summed E-state index contributed by atoms with van der Waals surface area (Å²) < 4.78 is 0. The second-order valence-corrected chi connectivity index (χ2v) is 5.73. The molecular weight excluding hydrogens is 194 g/mol. The molecule has 0 bridgehead atoms. The van der Waals surface area contributed by atoms with E-state index in [-0.39, 0.29) is 0 Å². The highest BCUT2D eigenvalue weighted by Gasteiger charge is 2.34. The van der Waals surface area contributed by atoms with Crippen LogP contribution < -0.4 is 5.32 Å². The third-order valence-electron chi connectivity index (χ3n) is 4.01. The topological polar surface area (TPSA) is 12.0 Å². The molecule has 0 spiro atoms. The lowest BCUT2D eigenvalue weighted by Crippen LogP contribution is -2.39. The SMILES string of the molecule is C[C@@H](N[C@@H]1CCCC1(C)C)c1ccccc1. The average molecular weight is 217 g/mol. The maximum Gasteiger partial charge on any atom is 0.0294 e. The van der Waals surface area contributed by atoms with Crippen LogP contribution in [-0.2, 0) is 0 Å². The zero-order chi connectivity index (χ0) is 11.6. The zero-order valence-electron chi connectivity index (χ0n) is 10.7. The summed E-state index contributed by atoms with van der Waals surface area (Å²) in [6, 6.07) is 11.9. The largest absolute Gasteiger partial charge is 0.307 e. The van der Waals surface area contributed by atoms with E-state index < -0.39 is 0 Å². The summed E-state index contributed by atoms with van der Waals surface area (Å²) in [5.74, 6) is 0. The van der Waals surface area contributed by atoms with Crippen molar-refractivity contribution in [1.82, 2.24) is 5.32 Å². The molecule has 0 unspecified atom stereocenters. The van der Waals surface area contributed by atoms with Gasteiger partial charge in [-0.05, 0) is 30.7 Å². The van der Waals surface area contributed by atoms with Crippen LogP contribution in [-0.4, -0.2) is 6.04 Å². The number of rotatable bonds is 3. The highest BCUT2D eigenvalue weighted by molar-refractivity contribution is 5.18. The van der Waals surface area contributed by atoms with Crippen molar-refractivity contribution in [2.24, 2.45) is 5.41 Å². The van der Waals surface area contributed by atoms with Gasteiger partial charge < -0.3 is 5.32 Å². The van der Waals surface area contributed by atoms with Crippen molar-refractivity contribution in [3.63, 3.8) is 0 Å². The summed E-state index contributed by atoms with van der Waals surface area (Å²) >= 11 is 0. The van der Waals surface area contributed by atoms with E-state index in [4.69, 9.17) is 0 Å². The highest BCUT2D eigenvalue weighted by atomic mass is 15.0. The average Bonchev–Trinajstić information content (AvgIpc) is 2.59. The minimum Gasteiger partial charge on any atom is -0.307 e. The molecule has 1 N–H and O–H groups in total. The van der Waals surface area contributed by atoms with Crippen LogP contribution in [0.4, 0.5) is 0 Å². The fourth-order valence-corrected chi connectivity index (χ4v) is 2.78. The standard InChI is InChI=1S/C15H23N/c1-12(13-8-5-4-6-9-13)16-14-10-7-11-15(14,2)3/h4-6,8-9,12,14,16H,7,10-11H2,1-3H3/t12-,14-/m1/s1. The molecule has 88 valence electrons. The molecule has 1 aliphatic carbocycles. The normalized spacial score (nSPS) is 25.6. The number of hydrogen-bond acceptors (Lipinski definition) is 1. The van der Waals surface area contributed by atoms with Gasteiger partial charge in [0.05, 0.1) is 0 Å². The molecule has 0 aliphatic heterocycles. The first kappa shape index (κ1) is 11.7. The van der Waals surface area contributed by atoms with E-state index in [1.54, 1.807) is 0 Å². The summed E-state index contributed by atoms with van der Waals surface area (Å²) in [5, 5.41) is 3.79. The van der Waals surface area contributed by atoms with Gasteiger partial charge in [0, 0.05) is 12.1 Å². The maximum atomic E-state index is 3.79. The number of nitrogens with one attached hydrogen (secondary N) is 1. The molecule has 0 amide bonds. The maximum absolute atomic E-state index is 3.79. The van der Waals surface area contributed by atoms with Crippen molar-refractivity contribution >= 4 is 0 Å². The third kappa shape index (κ3) is 2.46. The summed E-state index contributed by atoms with van der Waals surface area (Å²) in [7, 11) is 0. The molecule has 16 heavy (non-hydrogen) atoms. The second-order valence-electron chi connectivity index (χ2n) is 5.73. The Balaban J connectivity index is 2.00. The fraction of sp³-hybridized carbons (Fsp3) is 0.600. The van der Waals surface area contributed by atoms with Crippen molar-refractivity contribution in [3.05, 3.63) is 35.9 Å². The summed E-state index contributed by atoms with van der Waals surface area (Å²) in [5.41, 5.74) is 1.86. The van der Waals surface area contributed by atoms with Gasteiger partial charge in [0.25, 0.3) is 0 Å². The first-order valence-corrected chi connectivity index (χ1v) is 6.40. The molecule has 1 saturated carbocycles. The van der Waals surface area contributed by atoms with Gasteiger partial charge in [0.1, 0.15) is 0 Å². The van der Waals surface area contributed by atoms with Gasteiger partial charge in [0.2, 0.25) is 0 Å². The minimum absolute atomic E-state index is 0.461. The van der Waals surface area contributed by atoms with Crippen LogP contribution in [0.2, 0.25) is 0 Å². The summed E-state index contributed by atoms with van der Waals surface area (Å²) in [6.45, 7) is 7.04. The Hall–Kier alpha value is -0.820. The van der Waals surface area contributed by atoms with Crippen LogP contribution in [0.25, 0.3) is 0 Å². The van der Waals surface area contributed by atoms with E-state index in [2.05, 4.69) is 56.4 Å². The van der Waals surface area contributed by atoms with Gasteiger partial charge in [0.15, 0.2) is 0 Å². The Morgan fingerprint density at radius 2 is 1.94 bits per heavy atom. The van der Waals surface area contributed by atoms with E-state index in [1.807, 2.05) is 0 Å². The van der Waals surface area contributed by atoms with Crippen LogP contribution in [0.3, 0.4) is 0 Å². The van der Waals surface area contributed by atoms with Gasteiger partial charge in [-0.3, -0.25) is 0 Å². The van der Waals surface area contributed by atoms with Gasteiger partial charge >= 0.3 is 0 Å². The number of hydrogen-bond donors (Lipinski definition) is 1. The van der Waals surface area contributed by atoms with Crippen LogP contribution in [0, 0.1) is 5.41 Å². The molecule has 0 heterocycles. The van der Waals surface area contributed by atoms with E-state index in [0.717, 1.165) is 0 Å². The molecular formula is C15H23N. The Morgan fingerprint density at radius 1 is 1.25 bits per heavy atom. The zero-order valence-corrected chi connectivity index (χ0v) is 10.7. The molecule has 1 aromatic carbocycles. The third-order valence-corrected chi connectivity index (χ3v) is 4.01. The summed E-state index contributed by atoms with van der Waals surface area (Å²) in [6.07, 6.45) is 4.04. The van der Waals surface area contributed by atoms with Crippen LogP contribution >= 0.6 is 0 Å². The van der Waals surface area contributed by atoms with Crippen molar-refractivity contribution in [3.8, 4) is 0 Å². The fourth-order valence-electron chi connectivity index (χ4n) is 2.78. The predicted molar refractivity (Wildman–Crippen MR) is 69.4 cm³/mol. The van der Waals surface area contributed by atoms with Crippen molar-refractivity contribution in [2.75, 3.05) is 0 Å². The number of benzene rings is 1. The summed E-state index contributed by atoms with van der Waals surface area (Å²) in [4.78, 5) is 0. The first-order valence-electron chi connectivity index (χ1n) is 6.40. The lowest BCUT2D eigenvalue weighted by molar-refractivity contribution is 0.266. The quantitative estimate of drug-likeness (QED) is 0.809. The van der Waals surface area contributed by atoms with Crippen molar-refractivity contribution < 1.29 is 0 Å². The monoisotopic (exact) mass is 217 g/mol. The van der Waals surface area contributed by atoms with Crippen LogP contribution in [0.15, 0.2) is 30.3 Å². The van der Waals surface area contributed by atoms with Gasteiger partial charge in [-0.2, -0.15) is 0 Å². The molecule has 2 atom stereocenters. The molecule has 1 aliphatic rings. The molecule has 2 rings (SSSR count). The minimum atomic E-state index is 0.461. The Labute approximate surface area is 99.3 Å². The predicted octanol–water partition coefficient (Wildman–Crippen LogP) is 3.92. The van der Waals surface area contributed by atoms with Crippen LogP contribution in [0.1, 0.15) is 51.6 Å². The van der Waals surface area contributed by atoms with Gasteiger partial charge in [-0.15, -0.1) is 0 Å². The van der Waals surface area contributed by atoms with Crippen molar-refractivity contribution in [1.29, 1.82) is 0 Å². The van der Waals surface area contributed by atoms with E-state index in [0.29, 0.717) is 17.5 Å². The Morgan fingerprint density at radius 3 is 2.50 bits per heavy atom. The van der Waals surface area contributed by atoms with Gasteiger partial charge in [-0.25, -0.2) is 0 Å². The lowest BCUT2D eigenvalue weighted by atomic mass is 9.86. The Kier molecular flexibility index (Phi) is 3.34. The molecule has 1 nitrogen and oxygen atoms in total. The van der Waals surface area contributed by atoms with Crippen LogP contribution in [0.5, 0.6) is 0 Å². The highest BCUT2D eigenvalue weighted by Crippen LogP contribution is 2.38. The molecule has 0 radical (unpaired) electrons. The Bertz CT molecular complexity index is 329.